The first kappa shape index (κ1) is 10.5. The summed E-state index contributed by atoms with van der Waals surface area (Å²) in [4.78, 5) is 11.4. The Morgan fingerprint density at radius 3 is 3.08 bits per heavy atom. The van der Waals surface area contributed by atoms with Crippen molar-refractivity contribution in [3.8, 4) is 0 Å². The molecule has 1 rings (SSSR count). The van der Waals surface area contributed by atoms with E-state index in [9.17, 15) is 9.90 Å². The molecule has 1 aliphatic rings. The van der Waals surface area contributed by atoms with E-state index in [-0.39, 0.29) is 17.9 Å². The monoisotopic (exact) mass is 185 g/mol. The average molecular weight is 185 g/mol. The Balaban J connectivity index is 2.40. The van der Waals surface area contributed by atoms with Crippen LogP contribution in [0.2, 0.25) is 0 Å². The van der Waals surface area contributed by atoms with Gasteiger partial charge < -0.3 is 10.4 Å². The molecule has 0 saturated carbocycles. The summed E-state index contributed by atoms with van der Waals surface area (Å²) >= 11 is 0. The zero-order valence-corrected chi connectivity index (χ0v) is 8.25. The predicted molar refractivity (Wildman–Crippen MR) is 51.3 cm³/mol. The van der Waals surface area contributed by atoms with Crippen LogP contribution in [0.25, 0.3) is 0 Å². The molecule has 0 aromatic rings. The SMILES string of the molecule is CCC(O)CC1CCCCNC1=O. The third-order valence-corrected chi connectivity index (χ3v) is 2.68. The van der Waals surface area contributed by atoms with Gasteiger partial charge in [-0.15, -0.1) is 0 Å². The molecule has 1 fully saturated rings. The van der Waals surface area contributed by atoms with E-state index in [2.05, 4.69) is 5.32 Å². The molecule has 0 aliphatic carbocycles. The van der Waals surface area contributed by atoms with Crippen molar-refractivity contribution in [1.82, 2.24) is 5.32 Å². The number of carbonyl (C=O) groups is 1. The Morgan fingerprint density at radius 2 is 2.38 bits per heavy atom. The summed E-state index contributed by atoms with van der Waals surface area (Å²) in [6.45, 7) is 2.75. The van der Waals surface area contributed by atoms with E-state index < -0.39 is 0 Å². The van der Waals surface area contributed by atoms with Crippen LogP contribution in [0, 0.1) is 5.92 Å². The van der Waals surface area contributed by atoms with Crippen LogP contribution in [-0.4, -0.2) is 23.7 Å². The number of aliphatic hydroxyl groups excluding tert-OH is 1. The zero-order chi connectivity index (χ0) is 9.68. The van der Waals surface area contributed by atoms with Crippen LogP contribution in [0.4, 0.5) is 0 Å². The molecule has 1 amide bonds. The molecule has 2 N–H and O–H groups in total. The Kier molecular flexibility index (Phi) is 4.22. The van der Waals surface area contributed by atoms with Gasteiger partial charge in [-0.2, -0.15) is 0 Å². The van der Waals surface area contributed by atoms with Crippen LogP contribution >= 0.6 is 0 Å². The lowest BCUT2D eigenvalue weighted by atomic mass is 9.95. The van der Waals surface area contributed by atoms with E-state index in [1.807, 2.05) is 6.92 Å². The summed E-state index contributed by atoms with van der Waals surface area (Å²) in [6, 6.07) is 0. The molecule has 0 bridgehead atoms. The van der Waals surface area contributed by atoms with Gasteiger partial charge in [0.25, 0.3) is 0 Å². The highest BCUT2D eigenvalue weighted by Crippen LogP contribution is 2.18. The molecular weight excluding hydrogens is 166 g/mol. The smallest absolute Gasteiger partial charge is 0.223 e. The summed E-state index contributed by atoms with van der Waals surface area (Å²) in [5.41, 5.74) is 0. The van der Waals surface area contributed by atoms with Crippen LogP contribution in [-0.2, 0) is 4.79 Å². The molecule has 3 heteroatoms. The highest BCUT2D eigenvalue weighted by atomic mass is 16.3. The van der Waals surface area contributed by atoms with Gasteiger partial charge in [0.1, 0.15) is 0 Å². The third kappa shape index (κ3) is 3.35. The standard InChI is InChI=1S/C10H19NO2/c1-2-9(12)7-8-5-3-4-6-11-10(8)13/h8-9,12H,2-7H2,1H3,(H,11,13). The predicted octanol–water partition coefficient (Wildman–Crippen LogP) is 1.06. The molecule has 2 atom stereocenters. The van der Waals surface area contributed by atoms with E-state index in [0.717, 1.165) is 32.2 Å². The molecule has 1 aliphatic heterocycles. The second-order valence-electron chi connectivity index (χ2n) is 3.78. The topological polar surface area (TPSA) is 49.3 Å². The maximum absolute atomic E-state index is 11.4. The normalized spacial score (nSPS) is 26.3. The maximum Gasteiger partial charge on any atom is 0.223 e. The van der Waals surface area contributed by atoms with Crippen LogP contribution in [0.1, 0.15) is 39.0 Å². The molecule has 0 aromatic carbocycles. The van der Waals surface area contributed by atoms with E-state index in [1.54, 1.807) is 0 Å². The number of carbonyl (C=O) groups excluding carboxylic acids is 1. The van der Waals surface area contributed by atoms with Crippen LogP contribution in [0.3, 0.4) is 0 Å². The minimum atomic E-state index is -0.311. The zero-order valence-electron chi connectivity index (χ0n) is 8.25. The van der Waals surface area contributed by atoms with Gasteiger partial charge in [-0.1, -0.05) is 13.3 Å². The van der Waals surface area contributed by atoms with Crippen molar-refractivity contribution in [2.75, 3.05) is 6.54 Å². The first-order valence-electron chi connectivity index (χ1n) is 5.19. The number of nitrogens with one attached hydrogen (secondary N) is 1. The largest absolute Gasteiger partial charge is 0.393 e. The second kappa shape index (κ2) is 5.22. The molecule has 1 heterocycles. The van der Waals surface area contributed by atoms with Crippen molar-refractivity contribution < 1.29 is 9.90 Å². The van der Waals surface area contributed by atoms with Gasteiger partial charge in [0.2, 0.25) is 5.91 Å². The summed E-state index contributed by atoms with van der Waals surface area (Å²) < 4.78 is 0. The first-order chi connectivity index (χ1) is 6.24. The van der Waals surface area contributed by atoms with Gasteiger partial charge >= 0.3 is 0 Å². The minimum Gasteiger partial charge on any atom is -0.393 e. The number of aliphatic hydroxyl groups is 1. The molecule has 0 radical (unpaired) electrons. The van der Waals surface area contributed by atoms with Crippen LogP contribution < -0.4 is 5.32 Å². The Labute approximate surface area is 79.5 Å². The summed E-state index contributed by atoms with van der Waals surface area (Å²) in [5, 5.41) is 12.3. The van der Waals surface area contributed by atoms with E-state index >= 15 is 0 Å². The fourth-order valence-corrected chi connectivity index (χ4v) is 1.72. The Hall–Kier alpha value is -0.570. The fraction of sp³-hybridized carbons (Fsp3) is 0.900. The van der Waals surface area contributed by atoms with Crippen LogP contribution in [0.15, 0.2) is 0 Å². The van der Waals surface area contributed by atoms with Gasteiger partial charge in [-0.3, -0.25) is 4.79 Å². The fourth-order valence-electron chi connectivity index (χ4n) is 1.72. The lowest BCUT2D eigenvalue weighted by Gasteiger charge is -2.15. The molecule has 3 nitrogen and oxygen atoms in total. The summed E-state index contributed by atoms with van der Waals surface area (Å²) in [6.07, 6.45) is 4.16. The van der Waals surface area contributed by atoms with E-state index in [4.69, 9.17) is 0 Å². The molecule has 2 unspecified atom stereocenters. The quantitative estimate of drug-likeness (QED) is 0.691. The lowest BCUT2D eigenvalue weighted by molar-refractivity contribution is -0.125. The Bertz CT molecular complexity index is 170. The lowest BCUT2D eigenvalue weighted by Crippen LogP contribution is -2.31. The van der Waals surface area contributed by atoms with Gasteiger partial charge in [0.15, 0.2) is 0 Å². The number of hydrogen-bond acceptors (Lipinski definition) is 2. The van der Waals surface area contributed by atoms with E-state index in [1.165, 1.54) is 0 Å². The van der Waals surface area contributed by atoms with Crippen molar-refractivity contribution in [1.29, 1.82) is 0 Å². The first-order valence-corrected chi connectivity index (χ1v) is 5.19. The summed E-state index contributed by atoms with van der Waals surface area (Å²) in [7, 11) is 0. The van der Waals surface area contributed by atoms with Gasteiger partial charge in [-0.05, 0) is 25.7 Å². The average Bonchev–Trinajstić information content (AvgIpc) is 2.32. The summed E-state index contributed by atoms with van der Waals surface area (Å²) in [5.74, 6) is 0.169. The molecule has 76 valence electrons. The van der Waals surface area contributed by atoms with Crippen LogP contribution in [0.5, 0.6) is 0 Å². The molecule has 1 saturated heterocycles. The van der Waals surface area contributed by atoms with Gasteiger partial charge in [0.05, 0.1) is 6.10 Å². The number of rotatable bonds is 3. The van der Waals surface area contributed by atoms with Crippen molar-refractivity contribution in [3.63, 3.8) is 0 Å². The molecule has 0 spiro atoms. The third-order valence-electron chi connectivity index (χ3n) is 2.68. The number of hydrogen-bond donors (Lipinski definition) is 2. The maximum atomic E-state index is 11.4. The van der Waals surface area contributed by atoms with E-state index in [0.29, 0.717) is 6.42 Å². The molecule has 0 aromatic heterocycles. The second-order valence-corrected chi connectivity index (χ2v) is 3.78. The number of amides is 1. The highest BCUT2D eigenvalue weighted by molar-refractivity contribution is 5.78. The van der Waals surface area contributed by atoms with Crippen molar-refractivity contribution >= 4 is 5.91 Å². The molecular formula is C10H19NO2. The highest BCUT2D eigenvalue weighted by Gasteiger charge is 2.22. The Morgan fingerprint density at radius 1 is 1.62 bits per heavy atom. The van der Waals surface area contributed by atoms with Crippen molar-refractivity contribution in [2.45, 2.75) is 45.1 Å². The van der Waals surface area contributed by atoms with Gasteiger partial charge in [0, 0.05) is 12.5 Å². The molecule has 13 heavy (non-hydrogen) atoms. The van der Waals surface area contributed by atoms with Gasteiger partial charge in [-0.25, -0.2) is 0 Å². The van der Waals surface area contributed by atoms with Crippen molar-refractivity contribution in [2.24, 2.45) is 5.92 Å². The minimum absolute atomic E-state index is 0.0393. The van der Waals surface area contributed by atoms with Crippen molar-refractivity contribution in [3.05, 3.63) is 0 Å².